The molecule has 0 atom stereocenters. The van der Waals surface area contributed by atoms with Gasteiger partial charge < -0.3 is 15.1 Å². The zero-order valence-corrected chi connectivity index (χ0v) is 13.9. The topological polar surface area (TPSA) is 67.2 Å². The van der Waals surface area contributed by atoms with Crippen molar-refractivity contribution >= 4 is 39.0 Å². The van der Waals surface area contributed by atoms with Crippen LogP contribution in [0.1, 0.15) is 16.1 Å². The number of furan rings is 1. The molecule has 0 fully saturated rings. The van der Waals surface area contributed by atoms with Gasteiger partial charge in [0.25, 0.3) is 5.91 Å². The van der Waals surface area contributed by atoms with Gasteiger partial charge in [0.15, 0.2) is 5.76 Å². The molecule has 0 spiro atoms. The first kappa shape index (κ1) is 15.3. The zero-order valence-electron chi connectivity index (χ0n) is 12.3. The molecular weight excluding hydrogens is 358 g/mol. The molecule has 1 aromatic carbocycles. The first-order valence-corrected chi connectivity index (χ1v) is 7.75. The third kappa shape index (κ3) is 3.78. The van der Waals surface area contributed by atoms with Crippen molar-refractivity contribution in [1.29, 1.82) is 0 Å². The molecule has 0 aliphatic carbocycles. The summed E-state index contributed by atoms with van der Waals surface area (Å²) in [7, 11) is 0. The molecule has 0 aliphatic heterocycles. The number of anilines is 3. The molecule has 2 heterocycles. The van der Waals surface area contributed by atoms with Crippen molar-refractivity contribution in [1.82, 2.24) is 4.98 Å². The van der Waals surface area contributed by atoms with Crippen molar-refractivity contribution < 1.29 is 9.21 Å². The van der Waals surface area contributed by atoms with Crippen LogP contribution in [0.5, 0.6) is 0 Å². The second-order valence-corrected chi connectivity index (χ2v) is 5.81. The van der Waals surface area contributed by atoms with Gasteiger partial charge in [-0.2, -0.15) is 0 Å². The summed E-state index contributed by atoms with van der Waals surface area (Å²) >= 11 is 3.50. The van der Waals surface area contributed by atoms with E-state index in [2.05, 4.69) is 31.5 Å². The van der Waals surface area contributed by atoms with Crippen LogP contribution in [-0.2, 0) is 0 Å². The van der Waals surface area contributed by atoms with Crippen LogP contribution in [-0.4, -0.2) is 10.9 Å². The monoisotopic (exact) mass is 371 g/mol. The molecule has 3 aromatic rings. The zero-order chi connectivity index (χ0) is 16.2. The smallest absolute Gasteiger partial charge is 0.291 e. The molecule has 5 nitrogen and oxygen atoms in total. The molecule has 0 unspecified atom stereocenters. The maximum atomic E-state index is 11.9. The van der Waals surface area contributed by atoms with E-state index in [0.717, 1.165) is 10.2 Å². The minimum Gasteiger partial charge on any atom is -0.459 e. The largest absolute Gasteiger partial charge is 0.459 e. The van der Waals surface area contributed by atoms with E-state index in [1.807, 2.05) is 25.1 Å². The predicted molar refractivity (Wildman–Crippen MR) is 93.1 cm³/mol. The van der Waals surface area contributed by atoms with Crippen LogP contribution < -0.4 is 10.6 Å². The van der Waals surface area contributed by atoms with E-state index in [-0.39, 0.29) is 11.7 Å². The Morgan fingerprint density at radius 3 is 2.65 bits per heavy atom. The normalized spacial score (nSPS) is 10.3. The molecule has 2 aromatic heterocycles. The number of amides is 1. The summed E-state index contributed by atoms with van der Waals surface area (Å²) in [6.07, 6.45) is 3.05. The van der Waals surface area contributed by atoms with Crippen LogP contribution >= 0.6 is 15.9 Å². The predicted octanol–water partition coefficient (Wildman–Crippen LogP) is 4.74. The molecule has 116 valence electrons. The Morgan fingerprint density at radius 1 is 1.17 bits per heavy atom. The highest BCUT2D eigenvalue weighted by atomic mass is 79.9. The van der Waals surface area contributed by atoms with Gasteiger partial charge in [-0.3, -0.25) is 4.79 Å². The SMILES string of the molecule is Cc1ccc(Nc2ccc(NC(=O)c3ccco3)cn2)cc1Br. The second-order valence-electron chi connectivity index (χ2n) is 4.95. The number of hydrogen-bond acceptors (Lipinski definition) is 4. The molecule has 0 radical (unpaired) electrons. The van der Waals surface area contributed by atoms with Gasteiger partial charge in [-0.1, -0.05) is 22.0 Å². The molecule has 0 aliphatic rings. The van der Waals surface area contributed by atoms with Gasteiger partial charge in [-0.25, -0.2) is 4.98 Å². The molecule has 0 saturated heterocycles. The second kappa shape index (κ2) is 6.66. The summed E-state index contributed by atoms with van der Waals surface area (Å²) in [5.41, 5.74) is 2.70. The number of carbonyl (C=O) groups is 1. The van der Waals surface area contributed by atoms with Gasteiger partial charge >= 0.3 is 0 Å². The van der Waals surface area contributed by atoms with Gasteiger partial charge in [0.05, 0.1) is 18.1 Å². The maximum absolute atomic E-state index is 11.9. The van der Waals surface area contributed by atoms with Crippen molar-refractivity contribution in [3.63, 3.8) is 0 Å². The number of halogens is 1. The summed E-state index contributed by atoms with van der Waals surface area (Å²) in [5, 5.41) is 5.93. The Balaban J connectivity index is 1.67. The summed E-state index contributed by atoms with van der Waals surface area (Å²) in [6.45, 7) is 2.03. The Hall–Kier alpha value is -2.60. The van der Waals surface area contributed by atoms with Gasteiger partial charge in [0.2, 0.25) is 0 Å². The number of aryl methyl sites for hydroxylation is 1. The number of pyridine rings is 1. The summed E-state index contributed by atoms with van der Waals surface area (Å²) in [5.74, 6) is 0.647. The van der Waals surface area contributed by atoms with E-state index in [9.17, 15) is 4.79 Å². The van der Waals surface area contributed by atoms with E-state index in [1.54, 1.807) is 30.5 Å². The molecule has 23 heavy (non-hydrogen) atoms. The Morgan fingerprint density at radius 2 is 2.00 bits per heavy atom. The fourth-order valence-corrected chi connectivity index (χ4v) is 2.34. The van der Waals surface area contributed by atoms with Crippen LogP contribution in [0.25, 0.3) is 0 Å². The van der Waals surface area contributed by atoms with Crippen molar-refractivity contribution in [2.75, 3.05) is 10.6 Å². The maximum Gasteiger partial charge on any atom is 0.291 e. The van der Waals surface area contributed by atoms with Crippen LogP contribution in [0.4, 0.5) is 17.2 Å². The third-order valence-electron chi connectivity index (χ3n) is 3.21. The number of aromatic nitrogens is 1. The highest BCUT2D eigenvalue weighted by Gasteiger charge is 2.08. The highest BCUT2D eigenvalue weighted by molar-refractivity contribution is 9.10. The Kier molecular flexibility index (Phi) is 4.43. The molecule has 1 amide bonds. The summed E-state index contributed by atoms with van der Waals surface area (Å²) in [6, 6.07) is 12.8. The van der Waals surface area contributed by atoms with Crippen molar-refractivity contribution in [2.45, 2.75) is 6.92 Å². The van der Waals surface area contributed by atoms with Crippen LogP contribution in [0.3, 0.4) is 0 Å². The Bertz CT molecular complexity index is 814. The average molecular weight is 372 g/mol. The average Bonchev–Trinajstić information content (AvgIpc) is 3.07. The van der Waals surface area contributed by atoms with Crippen molar-refractivity contribution in [3.8, 4) is 0 Å². The number of benzene rings is 1. The molecule has 0 bridgehead atoms. The first-order chi connectivity index (χ1) is 11.1. The van der Waals surface area contributed by atoms with E-state index < -0.39 is 0 Å². The number of carbonyl (C=O) groups excluding carboxylic acids is 1. The standard InChI is InChI=1S/C17H14BrN3O2/c1-11-4-5-12(9-14(11)18)20-16-7-6-13(10-19-16)21-17(22)15-3-2-8-23-15/h2-10H,1H3,(H,19,20)(H,21,22). The quantitative estimate of drug-likeness (QED) is 0.694. The Labute approximate surface area is 141 Å². The molecule has 0 saturated carbocycles. The lowest BCUT2D eigenvalue weighted by molar-refractivity contribution is 0.0996. The molecule has 6 heteroatoms. The fraction of sp³-hybridized carbons (Fsp3) is 0.0588. The minimum atomic E-state index is -0.306. The lowest BCUT2D eigenvalue weighted by Gasteiger charge is -2.08. The number of hydrogen-bond donors (Lipinski definition) is 2. The van der Waals surface area contributed by atoms with E-state index >= 15 is 0 Å². The van der Waals surface area contributed by atoms with Crippen LogP contribution in [0.15, 0.2) is 63.8 Å². The molecule has 2 N–H and O–H groups in total. The lowest BCUT2D eigenvalue weighted by Crippen LogP contribution is -2.11. The lowest BCUT2D eigenvalue weighted by atomic mass is 10.2. The van der Waals surface area contributed by atoms with E-state index in [1.165, 1.54) is 11.8 Å². The third-order valence-corrected chi connectivity index (χ3v) is 4.06. The number of nitrogens with zero attached hydrogens (tertiary/aromatic N) is 1. The van der Waals surface area contributed by atoms with Gasteiger partial charge in [-0.05, 0) is 48.9 Å². The molecule has 3 rings (SSSR count). The summed E-state index contributed by atoms with van der Waals surface area (Å²) in [4.78, 5) is 16.2. The summed E-state index contributed by atoms with van der Waals surface area (Å²) < 4.78 is 6.07. The van der Waals surface area contributed by atoms with E-state index in [4.69, 9.17) is 4.42 Å². The fourth-order valence-electron chi connectivity index (χ4n) is 1.96. The van der Waals surface area contributed by atoms with Gasteiger partial charge in [-0.15, -0.1) is 0 Å². The number of nitrogens with one attached hydrogen (secondary N) is 2. The minimum absolute atomic E-state index is 0.261. The first-order valence-electron chi connectivity index (χ1n) is 6.96. The molecular formula is C17H14BrN3O2. The van der Waals surface area contributed by atoms with Crippen molar-refractivity contribution in [2.24, 2.45) is 0 Å². The van der Waals surface area contributed by atoms with Crippen molar-refractivity contribution in [3.05, 3.63) is 70.7 Å². The van der Waals surface area contributed by atoms with Crippen LogP contribution in [0.2, 0.25) is 0 Å². The van der Waals surface area contributed by atoms with Crippen LogP contribution in [0, 0.1) is 6.92 Å². The van der Waals surface area contributed by atoms with E-state index in [0.29, 0.717) is 11.5 Å². The van der Waals surface area contributed by atoms with Gasteiger partial charge in [0.1, 0.15) is 5.82 Å². The number of rotatable bonds is 4. The van der Waals surface area contributed by atoms with Gasteiger partial charge in [0, 0.05) is 10.2 Å². The highest BCUT2D eigenvalue weighted by Crippen LogP contribution is 2.23.